The highest BCUT2D eigenvalue weighted by Crippen LogP contribution is 2.39. The fourth-order valence-corrected chi connectivity index (χ4v) is 5.56. The van der Waals surface area contributed by atoms with E-state index in [0.717, 1.165) is 49.9 Å². The molecule has 0 unspecified atom stereocenters. The third kappa shape index (κ3) is 4.68. The number of thiazole rings is 1. The van der Waals surface area contributed by atoms with Crippen molar-refractivity contribution in [3.63, 3.8) is 0 Å². The van der Waals surface area contributed by atoms with Crippen molar-refractivity contribution in [1.29, 1.82) is 0 Å². The van der Waals surface area contributed by atoms with Crippen LogP contribution in [0.4, 0.5) is 18.3 Å². The number of benzene rings is 1. The summed E-state index contributed by atoms with van der Waals surface area (Å²) in [5.41, 5.74) is 5.86. The number of nitrogens with two attached hydrogens (primary N) is 1. The molecule has 2 fully saturated rings. The molecule has 0 spiro atoms. The van der Waals surface area contributed by atoms with E-state index >= 15 is 0 Å². The molecule has 2 amide bonds. The molecule has 174 valence electrons. The molecule has 2 aliphatic rings. The molecule has 2 heterocycles. The maximum absolute atomic E-state index is 13.4. The van der Waals surface area contributed by atoms with Gasteiger partial charge in [-0.05, 0) is 37.8 Å². The molecule has 1 atom stereocenters. The van der Waals surface area contributed by atoms with E-state index < -0.39 is 17.8 Å². The standard InChI is InChI=1S/C21H25F3N4O3S/c22-21(23,24)31-13-6-7-14-16(11-13)32-19(26-14)27-17(29)15-5-4-10-28(15)18(30)20(12-25)8-2-1-3-9-20/h6-7,11,15H,1-5,8-10,12,25H2,(H,26,27,29)/t15-/m1/s1. The number of alkyl halides is 3. The van der Waals surface area contributed by atoms with Crippen LogP contribution in [0.15, 0.2) is 18.2 Å². The topological polar surface area (TPSA) is 97.6 Å². The van der Waals surface area contributed by atoms with Crippen LogP contribution >= 0.6 is 11.3 Å². The Kier molecular flexibility index (Phi) is 6.30. The molecule has 1 aromatic heterocycles. The number of likely N-dealkylation sites (tertiary alicyclic amines) is 1. The van der Waals surface area contributed by atoms with Gasteiger partial charge in [0.2, 0.25) is 11.8 Å². The van der Waals surface area contributed by atoms with Crippen molar-refractivity contribution in [3.8, 4) is 5.75 Å². The van der Waals surface area contributed by atoms with Crippen molar-refractivity contribution in [2.45, 2.75) is 57.3 Å². The molecule has 11 heteroatoms. The maximum atomic E-state index is 13.4. The largest absolute Gasteiger partial charge is 0.573 e. The zero-order chi connectivity index (χ0) is 22.9. The number of ether oxygens (including phenoxy) is 1. The van der Waals surface area contributed by atoms with Crippen molar-refractivity contribution in [2.75, 3.05) is 18.4 Å². The number of anilines is 1. The van der Waals surface area contributed by atoms with Gasteiger partial charge < -0.3 is 20.7 Å². The van der Waals surface area contributed by atoms with Gasteiger partial charge in [-0.2, -0.15) is 0 Å². The minimum Gasteiger partial charge on any atom is -0.406 e. The number of nitrogens with zero attached hydrogens (tertiary/aromatic N) is 2. The van der Waals surface area contributed by atoms with E-state index in [4.69, 9.17) is 5.73 Å². The summed E-state index contributed by atoms with van der Waals surface area (Å²) in [7, 11) is 0. The van der Waals surface area contributed by atoms with Crippen LogP contribution < -0.4 is 15.8 Å². The molecule has 3 N–H and O–H groups in total. The highest BCUT2D eigenvalue weighted by atomic mass is 32.1. The van der Waals surface area contributed by atoms with Gasteiger partial charge in [0.1, 0.15) is 11.8 Å². The van der Waals surface area contributed by atoms with Crippen LogP contribution in [0.25, 0.3) is 10.2 Å². The third-order valence-electron chi connectivity index (χ3n) is 6.29. The van der Waals surface area contributed by atoms with E-state index in [0.29, 0.717) is 23.2 Å². The van der Waals surface area contributed by atoms with E-state index in [2.05, 4.69) is 15.0 Å². The average molecular weight is 471 g/mol. The molecule has 1 aliphatic heterocycles. The van der Waals surface area contributed by atoms with Crippen LogP contribution in [0.2, 0.25) is 0 Å². The lowest BCUT2D eigenvalue weighted by Gasteiger charge is -2.39. The summed E-state index contributed by atoms with van der Waals surface area (Å²) in [5.74, 6) is -0.737. The van der Waals surface area contributed by atoms with E-state index in [-0.39, 0.29) is 29.2 Å². The first-order valence-electron chi connectivity index (χ1n) is 10.7. The summed E-state index contributed by atoms with van der Waals surface area (Å²) in [4.78, 5) is 32.3. The molecule has 1 aliphatic carbocycles. The second kappa shape index (κ2) is 8.86. The predicted octanol–water partition coefficient (Wildman–Crippen LogP) is 4.03. The zero-order valence-electron chi connectivity index (χ0n) is 17.4. The smallest absolute Gasteiger partial charge is 0.406 e. The fraction of sp³-hybridized carbons (Fsp3) is 0.571. The number of halogens is 3. The number of nitrogens with one attached hydrogen (secondary N) is 1. The lowest BCUT2D eigenvalue weighted by molar-refractivity contribution is -0.274. The lowest BCUT2D eigenvalue weighted by atomic mass is 9.73. The maximum Gasteiger partial charge on any atom is 0.573 e. The molecule has 1 saturated heterocycles. The Balaban J connectivity index is 1.48. The zero-order valence-corrected chi connectivity index (χ0v) is 18.2. The highest BCUT2D eigenvalue weighted by molar-refractivity contribution is 7.22. The fourth-order valence-electron chi connectivity index (χ4n) is 4.67. The summed E-state index contributed by atoms with van der Waals surface area (Å²) in [6.45, 7) is 0.785. The van der Waals surface area contributed by atoms with Gasteiger partial charge in [0.15, 0.2) is 5.13 Å². The number of hydrogen-bond donors (Lipinski definition) is 2. The van der Waals surface area contributed by atoms with E-state index in [1.54, 1.807) is 4.90 Å². The van der Waals surface area contributed by atoms with Gasteiger partial charge in [0.25, 0.3) is 0 Å². The molecule has 0 radical (unpaired) electrons. The normalized spacial score (nSPS) is 21.0. The number of rotatable bonds is 5. The second-order valence-corrected chi connectivity index (χ2v) is 9.42. The number of fused-ring (bicyclic) bond motifs is 1. The molecule has 0 bridgehead atoms. The Bertz CT molecular complexity index is 1000. The number of carbonyl (C=O) groups excluding carboxylic acids is 2. The molecule has 4 rings (SSSR count). The van der Waals surface area contributed by atoms with Crippen LogP contribution in [0.1, 0.15) is 44.9 Å². The first-order chi connectivity index (χ1) is 15.2. The molecular weight excluding hydrogens is 445 g/mol. The molecule has 1 aromatic carbocycles. The van der Waals surface area contributed by atoms with Gasteiger partial charge in [-0.15, -0.1) is 13.2 Å². The Morgan fingerprint density at radius 2 is 2.00 bits per heavy atom. The van der Waals surface area contributed by atoms with Crippen LogP contribution in [0.3, 0.4) is 0 Å². The Morgan fingerprint density at radius 3 is 2.69 bits per heavy atom. The van der Waals surface area contributed by atoms with Gasteiger partial charge in [-0.3, -0.25) is 9.59 Å². The Morgan fingerprint density at radius 1 is 1.25 bits per heavy atom. The quantitative estimate of drug-likeness (QED) is 0.688. The molecule has 32 heavy (non-hydrogen) atoms. The minimum atomic E-state index is -4.78. The number of hydrogen-bond acceptors (Lipinski definition) is 6. The van der Waals surface area contributed by atoms with E-state index in [1.165, 1.54) is 18.2 Å². The summed E-state index contributed by atoms with van der Waals surface area (Å²) in [6.07, 6.45) is 0.980. The SMILES string of the molecule is NCC1(C(=O)N2CCC[C@@H]2C(=O)Nc2nc3ccc(OC(F)(F)F)cc3s2)CCCCC1. The molecule has 1 saturated carbocycles. The van der Waals surface area contributed by atoms with Crippen LogP contribution in [0, 0.1) is 5.41 Å². The number of amides is 2. The van der Waals surface area contributed by atoms with Crippen molar-refractivity contribution in [2.24, 2.45) is 11.1 Å². The first-order valence-corrected chi connectivity index (χ1v) is 11.5. The first kappa shape index (κ1) is 22.8. The average Bonchev–Trinajstić information content (AvgIpc) is 3.39. The van der Waals surface area contributed by atoms with E-state index in [1.807, 2.05) is 0 Å². The minimum absolute atomic E-state index is 0.0457. The van der Waals surface area contributed by atoms with Crippen molar-refractivity contribution in [1.82, 2.24) is 9.88 Å². The molecule has 2 aromatic rings. The van der Waals surface area contributed by atoms with Crippen LogP contribution in [-0.2, 0) is 9.59 Å². The predicted molar refractivity (Wildman–Crippen MR) is 114 cm³/mol. The van der Waals surface area contributed by atoms with Gasteiger partial charge >= 0.3 is 6.36 Å². The lowest BCUT2D eigenvalue weighted by Crippen LogP contribution is -2.53. The highest BCUT2D eigenvalue weighted by Gasteiger charge is 2.45. The third-order valence-corrected chi connectivity index (χ3v) is 7.23. The van der Waals surface area contributed by atoms with Gasteiger partial charge in [-0.1, -0.05) is 30.6 Å². The summed E-state index contributed by atoms with van der Waals surface area (Å²) in [6, 6.07) is 3.20. The summed E-state index contributed by atoms with van der Waals surface area (Å²) < 4.78 is 41.7. The van der Waals surface area contributed by atoms with Gasteiger partial charge in [-0.25, -0.2) is 4.98 Å². The Labute approximate surface area is 187 Å². The number of aromatic nitrogens is 1. The van der Waals surface area contributed by atoms with E-state index in [9.17, 15) is 22.8 Å². The number of carbonyl (C=O) groups is 2. The van der Waals surface area contributed by atoms with Crippen molar-refractivity contribution >= 4 is 38.5 Å². The van der Waals surface area contributed by atoms with Crippen LogP contribution in [-0.4, -0.2) is 47.2 Å². The van der Waals surface area contributed by atoms with Crippen molar-refractivity contribution in [3.05, 3.63) is 18.2 Å². The van der Waals surface area contributed by atoms with Crippen molar-refractivity contribution < 1.29 is 27.5 Å². The van der Waals surface area contributed by atoms with Crippen LogP contribution in [0.5, 0.6) is 5.75 Å². The molecule has 7 nitrogen and oxygen atoms in total. The summed E-state index contributed by atoms with van der Waals surface area (Å²) >= 11 is 1.05. The van der Waals surface area contributed by atoms with Gasteiger partial charge in [0, 0.05) is 19.2 Å². The molecular formula is C21H25F3N4O3S. The Hall–Kier alpha value is -2.40. The summed E-state index contributed by atoms with van der Waals surface area (Å²) in [5, 5.41) is 3.00. The van der Waals surface area contributed by atoms with Gasteiger partial charge in [0.05, 0.1) is 15.6 Å². The monoisotopic (exact) mass is 470 g/mol. The second-order valence-electron chi connectivity index (χ2n) is 8.39.